The third-order valence-corrected chi connectivity index (χ3v) is 2.42. The smallest absolute Gasteiger partial charge is 0.173 e. The maximum atomic E-state index is 8.72. The Labute approximate surface area is 108 Å². The van der Waals surface area contributed by atoms with E-state index in [1.807, 2.05) is 0 Å². The van der Waals surface area contributed by atoms with Crippen LogP contribution in [0.3, 0.4) is 0 Å². The molecule has 0 aliphatic heterocycles. The van der Waals surface area contributed by atoms with Crippen molar-refractivity contribution in [3.63, 3.8) is 0 Å². The maximum Gasteiger partial charge on any atom is 0.173 e. The number of ether oxygens (including phenoxy) is 1. The van der Waals surface area contributed by atoms with Gasteiger partial charge in [0.1, 0.15) is 11.5 Å². The first-order valence-corrected chi connectivity index (χ1v) is 5.44. The number of aromatic nitrogens is 1. The van der Waals surface area contributed by atoms with Crippen molar-refractivity contribution in [2.45, 2.75) is 0 Å². The average Bonchev–Trinajstić information content (AvgIpc) is 2.41. The normalized spacial score (nSPS) is 11.3. The van der Waals surface area contributed by atoms with E-state index in [0.717, 1.165) is 0 Å². The minimum Gasteiger partial charge on any atom is -0.455 e. The van der Waals surface area contributed by atoms with Crippen LogP contribution in [-0.2, 0) is 0 Å². The topological polar surface area (TPSA) is 80.7 Å². The first-order chi connectivity index (χ1) is 8.70. The van der Waals surface area contributed by atoms with Crippen LogP contribution in [0.15, 0.2) is 47.9 Å². The molecule has 0 radical (unpaired) electrons. The summed E-state index contributed by atoms with van der Waals surface area (Å²) in [6.45, 7) is 0. The fourth-order valence-corrected chi connectivity index (χ4v) is 1.55. The van der Waals surface area contributed by atoms with E-state index in [-0.39, 0.29) is 5.84 Å². The molecule has 2 rings (SSSR count). The second-order valence-corrected chi connectivity index (χ2v) is 3.85. The lowest BCUT2D eigenvalue weighted by Gasteiger charge is -2.10. The molecule has 0 saturated heterocycles. The van der Waals surface area contributed by atoms with Crippen LogP contribution in [0.5, 0.6) is 11.5 Å². The number of benzene rings is 1. The largest absolute Gasteiger partial charge is 0.455 e. The SMILES string of the molecule is NC(=NO)c1cc(Cl)ccc1Oc1cccnc1. The van der Waals surface area contributed by atoms with E-state index in [4.69, 9.17) is 27.3 Å². The van der Waals surface area contributed by atoms with Crippen molar-refractivity contribution in [2.75, 3.05) is 0 Å². The Morgan fingerprint density at radius 2 is 2.22 bits per heavy atom. The number of hydrogen-bond acceptors (Lipinski definition) is 4. The Kier molecular flexibility index (Phi) is 3.64. The second-order valence-electron chi connectivity index (χ2n) is 3.42. The summed E-state index contributed by atoms with van der Waals surface area (Å²) in [7, 11) is 0. The molecule has 0 unspecified atom stereocenters. The number of oxime groups is 1. The molecule has 6 heteroatoms. The summed E-state index contributed by atoms with van der Waals surface area (Å²) >= 11 is 5.86. The van der Waals surface area contributed by atoms with Crippen molar-refractivity contribution < 1.29 is 9.94 Å². The summed E-state index contributed by atoms with van der Waals surface area (Å²) in [6.07, 6.45) is 3.20. The molecular weight excluding hydrogens is 254 g/mol. The Balaban J connectivity index is 2.39. The van der Waals surface area contributed by atoms with Gasteiger partial charge in [-0.05, 0) is 30.3 Å². The zero-order chi connectivity index (χ0) is 13.0. The van der Waals surface area contributed by atoms with Crippen molar-refractivity contribution in [1.82, 2.24) is 4.98 Å². The molecule has 0 spiro atoms. The average molecular weight is 264 g/mol. The van der Waals surface area contributed by atoms with Gasteiger partial charge in [-0.2, -0.15) is 0 Å². The van der Waals surface area contributed by atoms with Crippen molar-refractivity contribution in [3.8, 4) is 11.5 Å². The van der Waals surface area contributed by atoms with Crippen LogP contribution in [-0.4, -0.2) is 16.0 Å². The standard InChI is InChI=1S/C12H10ClN3O2/c13-8-3-4-11(10(6-8)12(14)16-17)18-9-2-1-5-15-7-9/h1-7,17H,(H2,14,16). The lowest BCUT2D eigenvalue weighted by Crippen LogP contribution is -2.14. The highest BCUT2D eigenvalue weighted by atomic mass is 35.5. The second kappa shape index (κ2) is 5.37. The maximum absolute atomic E-state index is 8.72. The van der Waals surface area contributed by atoms with Gasteiger partial charge in [0.2, 0.25) is 0 Å². The number of rotatable bonds is 3. The highest BCUT2D eigenvalue weighted by molar-refractivity contribution is 6.31. The molecule has 0 saturated carbocycles. The monoisotopic (exact) mass is 263 g/mol. The summed E-state index contributed by atoms with van der Waals surface area (Å²) in [5, 5.41) is 12.1. The molecule has 0 aliphatic carbocycles. The van der Waals surface area contributed by atoms with Gasteiger partial charge >= 0.3 is 0 Å². The summed E-state index contributed by atoms with van der Waals surface area (Å²) in [5.41, 5.74) is 5.97. The quantitative estimate of drug-likeness (QED) is 0.386. The van der Waals surface area contributed by atoms with E-state index in [1.54, 1.807) is 42.7 Å². The molecule has 1 heterocycles. The molecule has 92 valence electrons. The molecule has 2 aromatic rings. The predicted molar refractivity (Wildman–Crippen MR) is 68.3 cm³/mol. The van der Waals surface area contributed by atoms with Gasteiger partial charge in [0.05, 0.1) is 11.8 Å². The van der Waals surface area contributed by atoms with Crippen LogP contribution >= 0.6 is 11.6 Å². The molecule has 3 N–H and O–H groups in total. The molecule has 0 atom stereocenters. The lowest BCUT2D eigenvalue weighted by atomic mass is 10.2. The van der Waals surface area contributed by atoms with Crippen molar-refractivity contribution >= 4 is 17.4 Å². The van der Waals surface area contributed by atoms with E-state index in [0.29, 0.717) is 22.1 Å². The number of pyridine rings is 1. The van der Waals surface area contributed by atoms with Gasteiger partial charge in [-0.3, -0.25) is 4.98 Å². The number of hydrogen-bond donors (Lipinski definition) is 2. The van der Waals surface area contributed by atoms with Crippen LogP contribution in [0.1, 0.15) is 5.56 Å². The zero-order valence-corrected chi connectivity index (χ0v) is 10.0. The van der Waals surface area contributed by atoms with E-state index < -0.39 is 0 Å². The van der Waals surface area contributed by atoms with Gasteiger partial charge in [0, 0.05) is 11.2 Å². The van der Waals surface area contributed by atoms with Crippen molar-refractivity contribution in [2.24, 2.45) is 10.9 Å². The fourth-order valence-electron chi connectivity index (χ4n) is 1.38. The minimum absolute atomic E-state index is 0.0728. The van der Waals surface area contributed by atoms with Crippen LogP contribution in [0.25, 0.3) is 0 Å². The third kappa shape index (κ3) is 2.70. The highest BCUT2D eigenvalue weighted by Crippen LogP contribution is 2.27. The Hall–Kier alpha value is -2.27. The molecule has 18 heavy (non-hydrogen) atoms. The van der Waals surface area contributed by atoms with Gasteiger partial charge < -0.3 is 15.7 Å². The van der Waals surface area contributed by atoms with Gasteiger partial charge in [-0.15, -0.1) is 0 Å². The number of amidine groups is 1. The molecule has 0 aliphatic rings. The van der Waals surface area contributed by atoms with Crippen LogP contribution in [0, 0.1) is 0 Å². The number of nitrogens with zero attached hydrogens (tertiary/aromatic N) is 2. The molecule has 0 amide bonds. The van der Waals surface area contributed by atoms with Crippen LogP contribution in [0.2, 0.25) is 5.02 Å². The van der Waals surface area contributed by atoms with Gasteiger partial charge in [0.15, 0.2) is 5.84 Å². The van der Waals surface area contributed by atoms with Gasteiger partial charge in [-0.1, -0.05) is 16.8 Å². The molecule has 0 fully saturated rings. The molecule has 1 aromatic carbocycles. The van der Waals surface area contributed by atoms with E-state index >= 15 is 0 Å². The summed E-state index contributed by atoms with van der Waals surface area (Å²) in [4.78, 5) is 3.93. The fraction of sp³-hybridized carbons (Fsp3) is 0. The van der Waals surface area contributed by atoms with Crippen molar-refractivity contribution in [3.05, 3.63) is 53.3 Å². The predicted octanol–water partition coefficient (Wildman–Crippen LogP) is 2.62. The molecule has 5 nitrogen and oxygen atoms in total. The van der Waals surface area contributed by atoms with E-state index in [2.05, 4.69) is 10.1 Å². The van der Waals surface area contributed by atoms with Crippen LogP contribution < -0.4 is 10.5 Å². The van der Waals surface area contributed by atoms with E-state index in [9.17, 15) is 0 Å². The zero-order valence-electron chi connectivity index (χ0n) is 9.25. The number of nitrogens with two attached hydrogens (primary N) is 1. The number of halogens is 1. The first kappa shape index (κ1) is 12.2. The summed E-state index contributed by atoms with van der Waals surface area (Å²) < 4.78 is 5.59. The molecular formula is C12H10ClN3O2. The summed E-state index contributed by atoms with van der Waals surface area (Å²) in [5.74, 6) is 0.908. The third-order valence-electron chi connectivity index (χ3n) is 2.19. The summed E-state index contributed by atoms with van der Waals surface area (Å²) in [6, 6.07) is 8.35. The highest BCUT2D eigenvalue weighted by Gasteiger charge is 2.10. The Morgan fingerprint density at radius 1 is 1.39 bits per heavy atom. The van der Waals surface area contributed by atoms with Crippen LogP contribution in [0.4, 0.5) is 0 Å². The minimum atomic E-state index is -0.0728. The van der Waals surface area contributed by atoms with Gasteiger partial charge in [-0.25, -0.2) is 0 Å². The molecule has 1 aromatic heterocycles. The Bertz CT molecular complexity index is 573. The Morgan fingerprint density at radius 3 is 2.89 bits per heavy atom. The van der Waals surface area contributed by atoms with Gasteiger partial charge in [0.25, 0.3) is 0 Å². The van der Waals surface area contributed by atoms with Crippen molar-refractivity contribution in [1.29, 1.82) is 0 Å². The molecule has 0 bridgehead atoms. The first-order valence-electron chi connectivity index (χ1n) is 5.06. The van der Waals surface area contributed by atoms with E-state index in [1.165, 1.54) is 0 Å². The lowest BCUT2D eigenvalue weighted by molar-refractivity contribution is 0.318.